The first-order valence-electron chi connectivity index (χ1n) is 11.5. The van der Waals surface area contributed by atoms with Crippen LogP contribution in [0.2, 0.25) is 0 Å². The van der Waals surface area contributed by atoms with Crippen LogP contribution in [0, 0.1) is 6.92 Å². The normalized spacial score (nSPS) is 14.6. The van der Waals surface area contributed by atoms with E-state index in [1.54, 1.807) is 11.3 Å². The first-order valence-corrected chi connectivity index (χ1v) is 12.3. The van der Waals surface area contributed by atoms with E-state index < -0.39 is 5.60 Å². The lowest BCUT2D eigenvalue weighted by Crippen LogP contribution is -2.34. The van der Waals surface area contributed by atoms with E-state index in [0.29, 0.717) is 5.69 Å². The Kier molecular flexibility index (Phi) is 5.92. The third-order valence-corrected chi connectivity index (χ3v) is 7.71. The highest BCUT2D eigenvalue weighted by Crippen LogP contribution is 2.47. The molecule has 33 heavy (non-hydrogen) atoms. The Morgan fingerprint density at radius 3 is 2.36 bits per heavy atom. The fourth-order valence-electron chi connectivity index (χ4n) is 4.54. The monoisotopic (exact) mass is 455 g/mol. The summed E-state index contributed by atoms with van der Waals surface area (Å²) in [6, 6.07) is 24.9. The minimum Gasteiger partial charge on any atom is -0.398 e. The zero-order chi connectivity index (χ0) is 22.8. The van der Waals surface area contributed by atoms with Crippen LogP contribution in [0.5, 0.6) is 0 Å². The maximum absolute atomic E-state index is 10.9. The summed E-state index contributed by atoms with van der Waals surface area (Å²) in [7, 11) is 0. The van der Waals surface area contributed by atoms with Crippen LogP contribution >= 0.6 is 11.3 Å². The fraction of sp³-hybridized carbons (Fsp3) is 0.250. The number of rotatable bonds is 7. The summed E-state index contributed by atoms with van der Waals surface area (Å²) in [5.41, 5.74) is 12.8. The Hall–Kier alpha value is -3.15. The molecule has 5 rings (SSSR count). The molecule has 0 bridgehead atoms. The van der Waals surface area contributed by atoms with Crippen LogP contribution in [0.15, 0.2) is 72.8 Å². The van der Waals surface area contributed by atoms with Gasteiger partial charge in [-0.1, -0.05) is 84.1 Å². The van der Waals surface area contributed by atoms with Crippen molar-refractivity contribution in [2.45, 2.75) is 38.2 Å². The van der Waals surface area contributed by atoms with Gasteiger partial charge < -0.3 is 16.2 Å². The molecule has 0 aliphatic heterocycles. The number of thiazole rings is 1. The zero-order valence-electron chi connectivity index (χ0n) is 18.8. The van der Waals surface area contributed by atoms with Gasteiger partial charge in [0.25, 0.3) is 0 Å². The van der Waals surface area contributed by atoms with Crippen LogP contribution < -0.4 is 11.1 Å². The highest BCUT2D eigenvalue weighted by Gasteiger charge is 2.38. The van der Waals surface area contributed by atoms with Crippen LogP contribution in [-0.2, 0) is 12.0 Å². The summed E-state index contributed by atoms with van der Waals surface area (Å²) in [6.07, 6.45) is 3.59. The number of hydrogen-bond donors (Lipinski definition) is 3. The van der Waals surface area contributed by atoms with Gasteiger partial charge in [0.2, 0.25) is 0 Å². The second-order valence-corrected chi connectivity index (χ2v) is 9.81. The van der Waals surface area contributed by atoms with Crippen LogP contribution in [0.25, 0.3) is 21.7 Å². The predicted molar refractivity (Wildman–Crippen MR) is 139 cm³/mol. The standard InChI is InChI=1S/C28H29N3OS/c1-19-23(28(32)16-8-17-28)14-13-22(24(19)29)25-26(21-11-6-3-7-12-21)33-27(31-25)30-18-15-20-9-4-2-5-10-20/h2-7,9-14,32H,8,15-18,29H2,1H3,(H,30,31). The Morgan fingerprint density at radius 2 is 1.70 bits per heavy atom. The number of aliphatic hydroxyl groups is 1. The third-order valence-electron chi connectivity index (χ3n) is 6.65. The van der Waals surface area contributed by atoms with E-state index >= 15 is 0 Å². The molecule has 0 spiro atoms. The van der Waals surface area contributed by atoms with Gasteiger partial charge >= 0.3 is 0 Å². The molecule has 3 aromatic carbocycles. The summed E-state index contributed by atoms with van der Waals surface area (Å²) in [4.78, 5) is 6.08. The van der Waals surface area contributed by atoms with Gasteiger partial charge in [-0.25, -0.2) is 4.98 Å². The number of nitrogens with zero attached hydrogens (tertiary/aromatic N) is 1. The summed E-state index contributed by atoms with van der Waals surface area (Å²) < 4.78 is 0. The van der Waals surface area contributed by atoms with Crippen molar-refractivity contribution in [2.24, 2.45) is 0 Å². The van der Waals surface area contributed by atoms with Crippen molar-refractivity contribution in [3.8, 4) is 21.7 Å². The first kappa shape index (κ1) is 21.7. The van der Waals surface area contributed by atoms with Crippen molar-refractivity contribution in [1.82, 2.24) is 4.98 Å². The Balaban J connectivity index is 1.49. The van der Waals surface area contributed by atoms with E-state index in [9.17, 15) is 5.11 Å². The van der Waals surface area contributed by atoms with Gasteiger partial charge in [-0.3, -0.25) is 0 Å². The molecule has 0 saturated heterocycles. The van der Waals surface area contributed by atoms with Gasteiger partial charge in [-0.05, 0) is 54.9 Å². The molecule has 0 radical (unpaired) electrons. The Bertz CT molecular complexity index is 1250. The second kappa shape index (κ2) is 9.00. The highest BCUT2D eigenvalue weighted by atomic mass is 32.1. The molecular weight excluding hydrogens is 426 g/mol. The van der Waals surface area contributed by atoms with Gasteiger partial charge in [-0.15, -0.1) is 0 Å². The average molecular weight is 456 g/mol. The lowest BCUT2D eigenvalue weighted by molar-refractivity contribution is -0.0392. The molecule has 1 aliphatic carbocycles. The number of nitrogens with one attached hydrogen (secondary N) is 1. The van der Waals surface area contributed by atoms with E-state index in [0.717, 1.165) is 70.2 Å². The molecule has 1 heterocycles. The van der Waals surface area contributed by atoms with Gasteiger partial charge in [0, 0.05) is 17.8 Å². The molecule has 168 valence electrons. The lowest BCUT2D eigenvalue weighted by atomic mass is 9.73. The minimum atomic E-state index is -0.731. The summed E-state index contributed by atoms with van der Waals surface area (Å²) >= 11 is 1.66. The van der Waals surface area contributed by atoms with Gasteiger partial charge in [0.05, 0.1) is 16.2 Å². The molecule has 1 fully saturated rings. The highest BCUT2D eigenvalue weighted by molar-refractivity contribution is 7.19. The van der Waals surface area contributed by atoms with Crippen molar-refractivity contribution in [3.63, 3.8) is 0 Å². The van der Waals surface area contributed by atoms with Crippen LogP contribution in [0.1, 0.15) is 36.0 Å². The number of nitrogen functional groups attached to an aromatic ring is 1. The van der Waals surface area contributed by atoms with Crippen molar-refractivity contribution < 1.29 is 5.11 Å². The molecule has 5 heteroatoms. The van der Waals surface area contributed by atoms with Crippen LogP contribution in [0.3, 0.4) is 0 Å². The summed E-state index contributed by atoms with van der Waals surface area (Å²) in [6.45, 7) is 2.82. The molecule has 0 amide bonds. The zero-order valence-corrected chi connectivity index (χ0v) is 19.7. The van der Waals surface area contributed by atoms with Crippen LogP contribution in [0.4, 0.5) is 10.8 Å². The van der Waals surface area contributed by atoms with E-state index in [-0.39, 0.29) is 0 Å². The quantitative estimate of drug-likeness (QED) is 0.282. The van der Waals surface area contributed by atoms with Crippen molar-refractivity contribution in [1.29, 1.82) is 0 Å². The number of hydrogen-bond acceptors (Lipinski definition) is 5. The largest absolute Gasteiger partial charge is 0.398 e. The fourth-order valence-corrected chi connectivity index (χ4v) is 5.55. The maximum Gasteiger partial charge on any atom is 0.183 e. The van der Waals surface area contributed by atoms with E-state index in [1.807, 2.05) is 43.3 Å². The molecule has 0 unspecified atom stereocenters. The van der Waals surface area contributed by atoms with E-state index in [1.165, 1.54) is 5.56 Å². The topological polar surface area (TPSA) is 71.2 Å². The molecule has 4 nitrogen and oxygen atoms in total. The van der Waals surface area contributed by atoms with Gasteiger partial charge in [0.15, 0.2) is 5.13 Å². The lowest BCUT2D eigenvalue weighted by Gasteiger charge is -2.38. The summed E-state index contributed by atoms with van der Waals surface area (Å²) in [5, 5.41) is 15.3. The SMILES string of the molecule is Cc1c(C2(O)CCC2)ccc(-c2nc(NCCc3ccccc3)sc2-c2ccccc2)c1N. The molecule has 1 aromatic heterocycles. The van der Waals surface area contributed by atoms with E-state index in [2.05, 4.69) is 41.7 Å². The molecule has 1 saturated carbocycles. The Labute approximate surface area is 199 Å². The smallest absolute Gasteiger partial charge is 0.183 e. The Morgan fingerprint density at radius 1 is 1.00 bits per heavy atom. The molecule has 1 aliphatic rings. The molecular formula is C28H29N3OS. The number of benzene rings is 3. The number of nitrogens with two attached hydrogens (primary N) is 1. The van der Waals surface area contributed by atoms with Crippen LogP contribution in [-0.4, -0.2) is 16.6 Å². The average Bonchev–Trinajstić information content (AvgIpc) is 3.24. The molecule has 4 aromatic rings. The van der Waals surface area contributed by atoms with Crippen molar-refractivity contribution >= 4 is 22.2 Å². The van der Waals surface area contributed by atoms with Gasteiger partial charge in [0.1, 0.15) is 0 Å². The van der Waals surface area contributed by atoms with Gasteiger partial charge in [-0.2, -0.15) is 0 Å². The first-order chi connectivity index (χ1) is 16.0. The second-order valence-electron chi connectivity index (χ2n) is 8.81. The minimum absolute atomic E-state index is 0.700. The molecule has 0 atom stereocenters. The molecule has 4 N–H and O–H groups in total. The number of anilines is 2. The maximum atomic E-state index is 10.9. The van der Waals surface area contributed by atoms with E-state index in [4.69, 9.17) is 10.7 Å². The van der Waals surface area contributed by atoms with Crippen molar-refractivity contribution in [2.75, 3.05) is 17.6 Å². The van der Waals surface area contributed by atoms with Crippen molar-refractivity contribution in [3.05, 3.63) is 89.5 Å². The predicted octanol–water partition coefficient (Wildman–Crippen LogP) is 6.39. The number of aromatic nitrogens is 1. The summed E-state index contributed by atoms with van der Waals surface area (Å²) in [5.74, 6) is 0. The third kappa shape index (κ3) is 4.26.